The fourth-order valence-corrected chi connectivity index (χ4v) is 2.59. The standard InChI is InChI=1S/C13H17F3N6/c1-9(2)20-5-7-21(8-6-20)11-4-3-10-17-18-12(13(14,15)16)22(10)19-11/h3-4,9H,5-8H2,1-2H3. The van der Waals surface area contributed by atoms with E-state index < -0.39 is 12.0 Å². The SMILES string of the molecule is CC(C)N1CCN(c2ccc3nnc(C(F)(F)F)n3n2)CC1. The van der Waals surface area contributed by atoms with Gasteiger partial charge in [-0.15, -0.1) is 15.3 Å². The maximum atomic E-state index is 12.9. The zero-order valence-electron chi connectivity index (χ0n) is 12.4. The summed E-state index contributed by atoms with van der Waals surface area (Å²) < 4.78 is 39.4. The normalized spacial score (nSPS) is 17.6. The molecule has 22 heavy (non-hydrogen) atoms. The molecule has 0 N–H and O–H groups in total. The molecular formula is C13H17F3N6. The van der Waals surface area contributed by atoms with Gasteiger partial charge >= 0.3 is 6.18 Å². The van der Waals surface area contributed by atoms with Crippen LogP contribution >= 0.6 is 0 Å². The van der Waals surface area contributed by atoms with Gasteiger partial charge in [0.25, 0.3) is 5.82 Å². The van der Waals surface area contributed by atoms with Gasteiger partial charge in [0.05, 0.1) is 0 Å². The van der Waals surface area contributed by atoms with Crippen molar-refractivity contribution in [2.75, 3.05) is 31.1 Å². The largest absolute Gasteiger partial charge is 0.453 e. The first-order chi connectivity index (χ1) is 10.4. The number of alkyl halides is 3. The van der Waals surface area contributed by atoms with Crippen LogP contribution in [0, 0.1) is 0 Å². The van der Waals surface area contributed by atoms with Gasteiger partial charge < -0.3 is 4.90 Å². The van der Waals surface area contributed by atoms with Crippen LogP contribution < -0.4 is 4.90 Å². The minimum absolute atomic E-state index is 0.0943. The van der Waals surface area contributed by atoms with E-state index in [-0.39, 0.29) is 5.65 Å². The van der Waals surface area contributed by atoms with Gasteiger partial charge in [0.15, 0.2) is 5.65 Å². The average Bonchev–Trinajstić information content (AvgIpc) is 2.90. The predicted molar refractivity (Wildman–Crippen MR) is 74.7 cm³/mol. The summed E-state index contributed by atoms with van der Waals surface area (Å²) >= 11 is 0. The fraction of sp³-hybridized carbons (Fsp3) is 0.615. The Morgan fingerprint density at radius 2 is 1.73 bits per heavy atom. The molecule has 0 bridgehead atoms. The van der Waals surface area contributed by atoms with Gasteiger partial charge in [-0.2, -0.15) is 17.7 Å². The minimum Gasteiger partial charge on any atom is -0.353 e. The highest BCUT2D eigenvalue weighted by molar-refractivity contribution is 5.46. The van der Waals surface area contributed by atoms with Gasteiger partial charge in [-0.1, -0.05) is 0 Å². The van der Waals surface area contributed by atoms with Crippen LogP contribution in [-0.4, -0.2) is 56.9 Å². The molecule has 0 unspecified atom stereocenters. The number of rotatable bonds is 2. The summed E-state index contributed by atoms with van der Waals surface area (Å²) in [6.07, 6.45) is -4.57. The molecule has 0 saturated carbocycles. The fourth-order valence-electron chi connectivity index (χ4n) is 2.59. The number of anilines is 1. The Bertz CT molecular complexity index is 657. The van der Waals surface area contributed by atoms with Gasteiger partial charge in [-0.05, 0) is 26.0 Å². The van der Waals surface area contributed by atoms with Crippen molar-refractivity contribution in [1.29, 1.82) is 0 Å². The van der Waals surface area contributed by atoms with Gasteiger partial charge in [-0.25, -0.2) is 0 Å². The zero-order valence-corrected chi connectivity index (χ0v) is 12.4. The number of halogens is 3. The van der Waals surface area contributed by atoms with Crippen molar-refractivity contribution in [3.05, 3.63) is 18.0 Å². The van der Waals surface area contributed by atoms with Crippen molar-refractivity contribution in [1.82, 2.24) is 24.7 Å². The number of fused-ring (bicyclic) bond motifs is 1. The van der Waals surface area contributed by atoms with Crippen LogP contribution in [0.25, 0.3) is 5.65 Å². The maximum Gasteiger partial charge on any atom is 0.453 e. The maximum absolute atomic E-state index is 12.9. The lowest BCUT2D eigenvalue weighted by Gasteiger charge is -2.37. The molecule has 3 rings (SSSR count). The summed E-state index contributed by atoms with van der Waals surface area (Å²) in [5.74, 6) is -0.577. The van der Waals surface area contributed by atoms with Crippen molar-refractivity contribution < 1.29 is 13.2 Å². The molecule has 9 heteroatoms. The van der Waals surface area contributed by atoms with Gasteiger partial charge in [0, 0.05) is 32.2 Å². The van der Waals surface area contributed by atoms with E-state index in [9.17, 15) is 13.2 Å². The molecule has 0 aromatic carbocycles. The molecule has 2 aromatic heterocycles. The van der Waals surface area contributed by atoms with Crippen molar-refractivity contribution in [3.8, 4) is 0 Å². The molecule has 1 fully saturated rings. The molecule has 6 nitrogen and oxygen atoms in total. The van der Waals surface area contributed by atoms with E-state index in [0.717, 1.165) is 30.7 Å². The molecule has 3 heterocycles. The quantitative estimate of drug-likeness (QED) is 0.844. The molecule has 1 saturated heterocycles. The summed E-state index contributed by atoms with van der Waals surface area (Å²) in [7, 11) is 0. The molecule has 0 atom stereocenters. The topological polar surface area (TPSA) is 49.6 Å². The predicted octanol–water partition coefficient (Wildman–Crippen LogP) is 1.67. The molecule has 0 amide bonds. The van der Waals surface area contributed by atoms with Crippen LogP contribution in [-0.2, 0) is 6.18 Å². The summed E-state index contributed by atoms with van der Waals surface area (Å²) in [5.41, 5.74) is 0.0943. The number of aromatic nitrogens is 4. The van der Waals surface area contributed by atoms with E-state index in [0.29, 0.717) is 11.9 Å². The molecule has 1 aliphatic rings. The number of nitrogens with zero attached hydrogens (tertiary/aromatic N) is 6. The first-order valence-electron chi connectivity index (χ1n) is 7.15. The Labute approximate surface area is 125 Å². The van der Waals surface area contributed by atoms with Crippen LogP contribution in [0.2, 0.25) is 0 Å². The first-order valence-corrected chi connectivity index (χ1v) is 7.15. The molecule has 0 aliphatic carbocycles. The van der Waals surface area contributed by atoms with Gasteiger partial charge in [0.1, 0.15) is 5.82 Å². The number of hydrogen-bond donors (Lipinski definition) is 0. The summed E-state index contributed by atoms with van der Waals surface area (Å²) in [4.78, 5) is 4.31. The minimum atomic E-state index is -4.57. The Balaban J connectivity index is 1.86. The monoisotopic (exact) mass is 314 g/mol. The van der Waals surface area contributed by atoms with Crippen LogP contribution in [0.3, 0.4) is 0 Å². The third kappa shape index (κ3) is 2.72. The van der Waals surface area contributed by atoms with Crippen LogP contribution in [0.15, 0.2) is 12.1 Å². The second kappa shape index (κ2) is 5.38. The van der Waals surface area contributed by atoms with Gasteiger partial charge in [0.2, 0.25) is 0 Å². The highest BCUT2D eigenvalue weighted by atomic mass is 19.4. The van der Waals surface area contributed by atoms with Crippen molar-refractivity contribution in [3.63, 3.8) is 0 Å². The van der Waals surface area contributed by atoms with E-state index in [1.807, 2.05) is 4.90 Å². The van der Waals surface area contributed by atoms with Crippen molar-refractivity contribution in [2.45, 2.75) is 26.1 Å². The summed E-state index contributed by atoms with van der Waals surface area (Å²) in [5, 5.41) is 10.8. The van der Waals surface area contributed by atoms with Gasteiger partial charge in [-0.3, -0.25) is 4.90 Å². The molecular weight excluding hydrogens is 297 g/mol. The smallest absolute Gasteiger partial charge is 0.353 e. The molecule has 1 aliphatic heterocycles. The van der Waals surface area contributed by atoms with E-state index >= 15 is 0 Å². The van der Waals surface area contributed by atoms with E-state index in [4.69, 9.17) is 0 Å². The van der Waals surface area contributed by atoms with Crippen molar-refractivity contribution in [2.24, 2.45) is 0 Å². The lowest BCUT2D eigenvalue weighted by molar-refractivity contribution is -0.146. The van der Waals surface area contributed by atoms with Crippen LogP contribution in [0.5, 0.6) is 0 Å². The Morgan fingerprint density at radius 3 is 2.32 bits per heavy atom. The molecule has 120 valence electrons. The Morgan fingerprint density at radius 1 is 1.05 bits per heavy atom. The Kier molecular flexibility index (Phi) is 3.67. The average molecular weight is 314 g/mol. The second-order valence-electron chi connectivity index (χ2n) is 5.60. The van der Waals surface area contributed by atoms with Crippen LogP contribution in [0.1, 0.15) is 19.7 Å². The highest BCUT2D eigenvalue weighted by Crippen LogP contribution is 2.28. The number of hydrogen-bond acceptors (Lipinski definition) is 5. The number of piperazine rings is 1. The first kappa shape index (κ1) is 15.0. The summed E-state index contributed by atoms with van der Waals surface area (Å²) in [6, 6.07) is 3.67. The van der Waals surface area contributed by atoms with Crippen molar-refractivity contribution >= 4 is 11.5 Å². The Hall–Kier alpha value is -1.90. The third-order valence-electron chi connectivity index (χ3n) is 3.87. The third-order valence-corrected chi connectivity index (χ3v) is 3.87. The second-order valence-corrected chi connectivity index (χ2v) is 5.60. The zero-order chi connectivity index (χ0) is 15.9. The van der Waals surface area contributed by atoms with E-state index in [2.05, 4.69) is 34.0 Å². The highest BCUT2D eigenvalue weighted by Gasteiger charge is 2.37. The van der Waals surface area contributed by atoms with E-state index in [1.54, 1.807) is 6.07 Å². The lowest BCUT2D eigenvalue weighted by atomic mass is 10.2. The van der Waals surface area contributed by atoms with E-state index in [1.165, 1.54) is 6.07 Å². The van der Waals surface area contributed by atoms with Crippen LogP contribution in [0.4, 0.5) is 19.0 Å². The summed E-state index contributed by atoms with van der Waals surface area (Å²) in [6.45, 7) is 7.47. The molecule has 0 radical (unpaired) electrons. The molecule has 2 aromatic rings. The molecule has 0 spiro atoms. The lowest BCUT2D eigenvalue weighted by Crippen LogP contribution is -2.49.